The van der Waals surface area contributed by atoms with Gasteiger partial charge in [0.05, 0.1) is 5.56 Å². The minimum Gasteiger partial charge on any atom is -0.395 e. The molecule has 0 radical (unpaired) electrons. The normalized spacial score (nSPS) is 13.5. The van der Waals surface area contributed by atoms with Crippen LogP contribution in [0.2, 0.25) is 0 Å². The first-order valence-corrected chi connectivity index (χ1v) is 8.88. The van der Waals surface area contributed by atoms with Crippen molar-refractivity contribution in [3.63, 3.8) is 0 Å². The van der Waals surface area contributed by atoms with Crippen LogP contribution in [0.15, 0.2) is 60.8 Å². The van der Waals surface area contributed by atoms with Gasteiger partial charge in [-0.3, -0.25) is 14.6 Å². The van der Waals surface area contributed by atoms with Gasteiger partial charge in [0, 0.05) is 30.2 Å². The van der Waals surface area contributed by atoms with Gasteiger partial charge in [-0.05, 0) is 42.0 Å². The molecular weight excluding hydrogens is 396 g/mol. The molecule has 0 aliphatic carbocycles. The molecule has 1 aliphatic heterocycles. The molecule has 2 heterocycles. The van der Waals surface area contributed by atoms with Gasteiger partial charge in [0.15, 0.2) is 17.8 Å². The predicted molar refractivity (Wildman–Crippen MR) is 104 cm³/mol. The molecule has 1 aliphatic rings. The molecule has 0 saturated carbocycles. The van der Waals surface area contributed by atoms with Gasteiger partial charge in [0.25, 0.3) is 5.91 Å². The van der Waals surface area contributed by atoms with Crippen molar-refractivity contribution in [2.24, 2.45) is 0 Å². The van der Waals surface area contributed by atoms with Crippen LogP contribution in [0.3, 0.4) is 0 Å². The third kappa shape index (κ3) is 4.19. The number of anilines is 2. The van der Waals surface area contributed by atoms with E-state index in [1.165, 1.54) is 24.4 Å². The number of alkyl halides is 2. The van der Waals surface area contributed by atoms with Gasteiger partial charge < -0.3 is 20.1 Å². The van der Waals surface area contributed by atoms with Crippen molar-refractivity contribution >= 4 is 23.6 Å². The van der Waals surface area contributed by atoms with Gasteiger partial charge in [-0.1, -0.05) is 12.1 Å². The summed E-state index contributed by atoms with van der Waals surface area (Å²) < 4.78 is 35.1. The Morgan fingerprint density at radius 1 is 1.07 bits per heavy atom. The van der Waals surface area contributed by atoms with Gasteiger partial charge in [-0.15, -0.1) is 8.78 Å². The van der Waals surface area contributed by atoms with Crippen LogP contribution in [0.5, 0.6) is 11.5 Å². The number of nitrogens with zero attached hydrogens (tertiary/aromatic N) is 1. The molecular formula is C21H15F2N3O4. The van der Waals surface area contributed by atoms with Crippen LogP contribution < -0.4 is 20.1 Å². The second-order valence-corrected chi connectivity index (χ2v) is 6.39. The molecule has 2 aromatic carbocycles. The van der Waals surface area contributed by atoms with E-state index in [2.05, 4.69) is 25.1 Å². The van der Waals surface area contributed by atoms with Gasteiger partial charge in [-0.2, -0.15) is 0 Å². The molecule has 0 spiro atoms. The topological polar surface area (TPSA) is 89.6 Å². The highest BCUT2D eigenvalue weighted by atomic mass is 19.3. The Kier molecular flexibility index (Phi) is 5.01. The van der Waals surface area contributed by atoms with Crippen LogP contribution in [-0.4, -0.2) is 23.5 Å². The van der Waals surface area contributed by atoms with E-state index in [1.54, 1.807) is 36.4 Å². The summed E-state index contributed by atoms with van der Waals surface area (Å²) in [6.45, 7) is 0.368. The zero-order valence-electron chi connectivity index (χ0n) is 15.4. The maximum absolute atomic E-state index is 13.2. The first-order chi connectivity index (χ1) is 14.4. The highest BCUT2D eigenvalue weighted by molar-refractivity contribution is 6.08. The zero-order valence-corrected chi connectivity index (χ0v) is 15.4. The van der Waals surface area contributed by atoms with Crippen LogP contribution in [-0.2, 0) is 6.54 Å². The number of ether oxygens (including phenoxy) is 2. The third-order valence-corrected chi connectivity index (χ3v) is 4.28. The molecule has 4 rings (SSSR count). The van der Waals surface area contributed by atoms with Gasteiger partial charge in [-0.25, -0.2) is 0 Å². The number of amides is 1. The van der Waals surface area contributed by atoms with E-state index in [0.29, 0.717) is 29.8 Å². The van der Waals surface area contributed by atoms with E-state index in [4.69, 9.17) is 0 Å². The first-order valence-electron chi connectivity index (χ1n) is 8.88. The standard InChI is InChI=1S/C21H15F2N3O4/c22-21(23)29-18-6-5-14(10-19(18)30-21)26-20(28)16-3-1-2-4-17(16)25-11-13-7-8-24-15(9-13)12-27/h1-10,12,25H,11H2,(H,26,28). The molecule has 0 atom stereocenters. The number of hydrogen-bond acceptors (Lipinski definition) is 6. The van der Waals surface area contributed by atoms with Crippen molar-refractivity contribution in [3.8, 4) is 11.5 Å². The molecule has 7 nitrogen and oxygen atoms in total. The largest absolute Gasteiger partial charge is 0.586 e. The SMILES string of the molecule is O=Cc1cc(CNc2ccccc2C(=O)Nc2ccc3c(c2)OC(F)(F)O3)ccn1. The van der Waals surface area contributed by atoms with Crippen molar-refractivity contribution in [2.45, 2.75) is 12.8 Å². The Labute approximate surface area is 169 Å². The fourth-order valence-corrected chi connectivity index (χ4v) is 2.93. The summed E-state index contributed by atoms with van der Waals surface area (Å²) in [5.74, 6) is -0.702. The molecule has 3 aromatic rings. The average Bonchev–Trinajstić information content (AvgIpc) is 3.05. The number of carbonyl (C=O) groups excluding carboxylic acids is 2. The van der Waals surface area contributed by atoms with E-state index in [9.17, 15) is 18.4 Å². The molecule has 0 saturated heterocycles. The number of rotatable bonds is 6. The number of halogens is 2. The summed E-state index contributed by atoms with van der Waals surface area (Å²) >= 11 is 0. The van der Waals surface area contributed by atoms with E-state index in [1.807, 2.05) is 0 Å². The Bertz CT molecular complexity index is 1120. The number of para-hydroxylation sites is 1. The lowest BCUT2D eigenvalue weighted by Gasteiger charge is -2.13. The zero-order chi connectivity index (χ0) is 21.1. The third-order valence-electron chi connectivity index (χ3n) is 4.28. The molecule has 1 aromatic heterocycles. The van der Waals surface area contributed by atoms with Crippen LogP contribution in [0.1, 0.15) is 26.4 Å². The number of nitrogens with one attached hydrogen (secondary N) is 2. The Balaban J connectivity index is 1.48. The number of hydrogen-bond donors (Lipinski definition) is 2. The van der Waals surface area contributed by atoms with Gasteiger partial charge in [0.2, 0.25) is 0 Å². The lowest BCUT2D eigenvalue weighted by molar-refractivity contribution is -0.286. The number of pyridine rings is 1. The summed E-state index contributed by atoms with van der Waals surface area (Å²) in [4.78, 5) is 27.5. The quantitative estimate of drug-likeness (QED) is 0.594. The molecule has 152 valence electrons. The number of benzene rings is 2. The van der Waals surface area contributed by atoms with Crippen LogP contribution in [0.25, 0.3) is 0 Å². The molecule has 1 amide bonds. The minimum atomic E-state index is -3.72. The Hall–Kier alpha value is -4.01. The fraction of sp³-hybridized carbons (Fsp3) is 0.0952. The maximum Gasteiger partial charge on any atom is 0.586 e. The Morgan fingerprint density at radius 2 is 1.87 bits per heavy atom. The number of aromatic nitrogens is 1. The minimum absolute atomic E-state index is 0.105. The van der Waals surface area contributed by atoms with Gasteiger partial charge >= 0.3 is 6.29 Å². The van der Waals surface area contributed by atoms with Crippen LogP contribution in [0, 0.1) is 0 Å². The van der Waals surface area contributed by atoms with E-state index in [-0.39, 0.29) is 17.2 Å². The summed E-state index contributed by atoms with van der Waals surface area (Å²) in [7, 11) is 0. The predicted octanol–water partition coefficient (Wildman–Crippen LogP) is 4.08. The second kappa shape index (κ2) is 7.78. The summed E-state index contributed by atoms with van der Waals surface area (Å²) in [6, 6.07) is 14.2. The Morgan fingerprint density at radius 3 is 2.70 bits per heavy atom. The van der Waals surface area contributed by atoms with E-state index >= 15 is 0 Å². The van der Waals surface area contributed by atoms with Crippen molar-refractivity contribution < 1.29 is 27.8 Å². The molecule has 30 heavy (non-hydrogen) atoms. The van der Waals surface area contributed by atoms with Crippen molar-refractivity contribution in [1.82, 2.24) is 4.98 Å². The molecule has 0 fully saturated rings. The van der Waals surface area contributed by atoms with Crippen molar-refractivity contribution in [1.29, 1.82) is 0 Å². The number of aldehydes is 1. The monoisotopic (exact) mass is 411 g/mol. The molecule has 0 unspecified atom stereocenters. The smallest absolute Gasteiger partial charge is 0.395 e. The molecule has 0 bridgehead atoms. The maximum atomic E-state index is 13.2. The van der Waals surface area contributed by atoms with Crippen LogP contribution in [0.4, 0.5) is 20.2 Å². The van der Waals surface area contributed by atoms with Gasteiger partial charge in [0.1, 0.15) is 5.69 Å². The lowest BCUT2D eigenvalue weighted by Crippen LogP contribution is -2.25. The first kappa shape index (κ1) is 19.3. The number of carbonyl (C=O) groups is 2. The highest BCUT2D eigenvalue weighted by Gasteiger charge is 2.43. The van der Waals surface area contributed by atoms with E-state index in [0.717, 1.165) is 5.56 Å². The van der Waals surface area contributed by atoms with E-state index < -0.39 is 12.2 Å². The summed E-state index contributed by atoms with van der Waals surface area (Å²) in [6.07, 6.45) is -1.53. The fourth-order valence-electron chi connectivity index (χ4n) is 2.93. The average molecular weight is 411 g/mol. The molecule has 2 N–H and O–H groups in total. The second-order valence-electron chi connectivity index (χ2n) is 6.39. The summed E-state index contributed by atoms with van der Waals surface area (Å²) in [5, 5.41) is 5.81. The molecule has 9 heteroatoms. The number of fused-ring (bicyclic) bond motifs is 1. The van der Waals surface area contributed by atoms with Crippen molar-refractivity contribution in [3.05, 3.63) is 77.6 Å². The van der Waals surface area contributed by atoms with Crippen molar-refractivity contribution in [2.75, 3.05) is 10.6 Å². The van der Waals surface area contributed by atoms with Crippen LogP contribution >= 0.6 is 0 Å². The summed E-state index contributed by atoms with van der Waals surface area (Å²) in [5.41, 5.74) is 2.32. The highest BCUT2D eigenvalue weighted by Crippen LogP contribution is 2.42. The lowest BCUT2D eigenvalue weighted by atomic mass is 10.1.